The molecule has 0 saturated carbocycles. The van der Waals surface area contributed by atoms with Crippen molar-refractivity contribution in [3.8, 4) is 0 Å². The Morgan fingerprint density at radius 3 is 2.38 bits per heavy atom. The Morgan fingerprint density at radius 1 is 1.08 bits per heavy atom. The number of benzene rings is 1. The lowest BCUT2D eigenvalue weighted by Gasteiger charge is -2.22. The molecule has 2 N–H and O–H groups in total. The maximum atomic E-state index is 4.54. The van der Waals surface area contributed by atoms with Crippen LogP contribution in [0.1, 0.15) is 40.2 Å². The molecule has 0 fully saturated rings. The summed E-state index contributed by atoms with van der Waals surface area (Å²) in [7, 11) is 0. The van der Waals surface area contributed by atoms with Crippen molar-refractivity contribution in [2.75, 3.05) is 28.6 Å². The second-order valence-electron chi connectivity index (χ2n) is 6.94. The van der Waals surface area contributed by atoms with E-state index in [1.165, 1.54) is 11.3 Å². The fraction of sp³-hybridized carbons (Fsp3) is 0.474. The van der Waals surface area contributed by atoms with Gasteiger partial charge in [-0.25, -0.2) is 4.98 Å². The molecule has 5 nitrogen and oxygen atoms in total. The van der Waals surface area contributed by atoms with Crippen LogP contribution < -0.4 is 15.5 Å². The molecule has 0 aliphatic heterocycles. The Balaban J connectivity index is 2.18. The molecule has 0 atom stereocenters. The molecule has 5 heteroatoms. The predicted molar refractivity (Wildman–Crippen MR) is 103 cm³/mol. The summed E-state index contributed by atoms with van der Waals surface area (Å²) in [6, 6.07) is 8.31. The number of rotatable bonds is 6. The molecule has 1 heterocycles. The number of aromatic nitrogens is 2. The minimum atomic E-state index is -0.0348. The van der Waals surface area contributed by atoms with Gasteiger partial charge in [0.15, 0.2) is 0 Å². The molecular weight excluding hydrogens is 298 g/mol. The van der Waals surface area contributed by atoms with E-state index in [-0.39, 0.29) is 5.54 Å². The van der Waals surface area contributed by atoms with Gasteiger partial charge in [-0.1, -0.05) is 0 Å². The van der Waals surface area contributed by atoms with E-state index in [2.05, 4.69) is 85.2 Å². The largest absolute Gasteiger partial charge is 0.372 e. The summed E-state index contributed by atoms with van der Waals surface area (Å²) in [5, 5.41) is 6.68. The van der Waals surface area contributed by atoms with Crippen LogP contribution in [0.3, 0.4) is 0 Å². The molecule has 1 aromatic heterocycles. The number of aryl methyl sites for hydroxylation is 1. The number of nitrogens with zero attached hydrogens (tertiary/aromatic N) is 3. The monoisotopic (exact) mass is 327 g/mol. The van der Waals surface area contributed by atoms with Crippen LogP contribution in [-0.4, -0.2) is 28.6 Å². The Kier molecular flexibility index (Phi) is 5.65. The molecule has 2 rings (SSSR count). The third-order valence-electron chi connectivity index (χ3n) is 3.74. The van der Waals surface area contributed by atoms with Crippen LogP contribution in [0, 0.1) is 6.92 Å². The number of nitrogens with one attached hydrogen (secondary N) is 2. The second kappa shape index (κ2) is 7.51. The molecule has 24 heavy (non-hydrogen) atoms. The Morgan fingerprint density at radius 2 is 1.79 bits per heavy atom. The summed E-state index contributed by atoms with van der Waals surface area (Å²) in [5.74, 6) is 1.42. The van der Waals surface area contributed by atoms with Gasteiger partial charge >= 0.3 is 0 Å². The average Bonchev–Trinajstić information content (AvgIpc) is 2.50. The fourth-order valence-electron chi connectivity index (χ4n) is 2.57. The van der Waals surface area contributed by atoms with E-state index < -0.39 is 0 Å². The van der Waals surface area contributed by atoms with E-state index in [1.807, 2.05) is 6.07 Å². The molecule has 0 unspecified atom stereocenters. The Bertz CT molecular complexity index is 672. The molecule has 2 aromatic rings. The maximum Gasteiger partial charge on any atom is 0.229 e. The van der Waals surface area contributed by atoms with Crippen molar-refractivity contribution in [3.63, 3.8) is 0 Å². The molecule has 0 aliphatic rings. The third kappa shape index (κ3) is 4.85. The Labute approximate surface area is 145 Å². The predicted octanol–water partition coefficient (Wildman–Crippen LogP) is 4.59. The molecule has 1 aromatic carbocycles. The van der Waals surface area contributed by atoms with Crippen molar-refractivity contribution >= 4 is 23.1 Å². The number of hydrogen-bond donors (Lipinski definition) is 2. The highest BCUT2D eigenvalue weighted by Crippen LogP contribution is 2.25. The molecule has 0 radical (unpaired) electrons. The van der Waals surface area contributed by atoms with Crippen LogP contribution in [0.4, 0.5) is 23.1 Å². The zero-order valence-corrected chi connectivity index (χ0v) is 15.6. The summed E-state index contributed by atoms with van der Waals surface area (Å²) >= 11 is 0. The van der Waals surface area contributed by atoms with Gasteiger partial charge in [0.25, 0.3) is 0 Å². The highest BCUT2D eigenvalue weighted by atomic mass is 15.2. The standard InChI is InChI=1S/C19H29N5/c1-7-24(8-2)15-9-10-16(14(3)13-15)21-18-20-12-11-17(22-18)23-19(4,5)6/h9-13H,7-8H2,1-6H3,(H2,20,21,22,23). The summed E-state index contributed by atoms with van der Waals surface area (Å²) in [6.07, 6.45) is 1.77. The fourth-order valence-corrected chi connectivity index (χ4v) is 2.57. The minimum Gasteiger partial charge on any atom is -0.372 e. The molecular formula is C19H29N5. The Hall–Kier alpha value is -2.30. The molecule has 0 saturated heterocycles. The molecule has 0 spiro atoms. The number of anilines is 4. The number of hydrogen-bond acceptors (Lipinski definition) is 5. The molecule has 130 valence electrons. The summed E-state index contributed by atoms with van der Waals surface area (Å²) in [4.78, 5) is 11.2. The van der Waals surface area contributed by atoms with E-state index in [0.717, 1.165) is 24.6 Å². The lowest BCUT2D eigenvalue weighted by molar-refractivity contribution is 0.630. The molecule has 0 amide bonds. The van der Waals surface area contributed by atoms with Crippen molar-refractivity contribution in [1.82, 2.24) is 9.97 Å². The quantitative estimate of drug-likeness (QED) is 0.813. The van der Waals surface area contributed by atoms with E-state index in [1.54, 1.807) is 6.20 Å². The summed E-state index contributed by atoms with van der Waals surface area (Å²) in [6.45, 7) is 14.8. The van der Waals surface area contributed by atoms with Gasteiger partial charge in [-0.3, -0.25) is 0 Å². The van der Waals surface area contributed by atoms with Crippen LogP contribution in [0.25, 0.3) is 0 Å². The van der Waals surface area contributed by atoms with Gasteiger partial charge in [0.1, 0.15) is 5.82 Å². The highest BCUT2D eigenvalue weighted by Gasteiger charge is 2.11. The van der Waals surface area contributed by atoms with Gasteiger partial charge in [-0.05, 0) is 71.4 Å². The first-order chi connectivity index (χ1) is 11.3. The van der Waals surface area contributed by atoms with Crippen LogP contribution in [0.5, 0.6) is 0 Å². The van der Waals surface area contributed by atoms with Gasteiger partial charge < -0.3 is 15.5 Å². The normalized spacial score (nSPS) is 11.2. The van der Waals surface area contributed by atoms with E-state index in [0.29, 0.717) is 5.95 Å². The lowest BCUT2D eigenvalue weighted by Crippen LogP contribution is -2.26. The van der Waals surface area contributed by atoms with E-state index in [4.69, 9.17) is 0 Å². The zero-order valence-electron chi connectivity index (χ0n) is 15.6. The maximum absolute atomic E-state index is 4.54. The van der Waals surface area contributed by atoms with E-state index in [9.17, 15) is 0 Å². The van der Waals surface area contributed by atoms with Crippen molar-refractivity contribution in [3.05, 3.63) is 36.0 Å². The SMILES string of the molecule is CCN(CC)c1ccc(Nc2nccc(NC(C)(C)C)n2)c(C)c1. The first-order valence-electron chi connectivity index (χ1n) is 8.56. The van der Waals surface area contributed by atoms with Gasteiger partial charge in [0.2, 0.25) is 5.95 Å². The molecule has 0 aliphatic carbocycles. The van der Waals surface area contributed by atoms with Gasteiger partial charge in [-0.2, -0.15) is 4.98 Å². The van der Waals surface area contributed by atoms with Gasteiger partial charge in [0, 0.05) is 36.2 Å². The van der Waals surface area contributed by atoms with Crippen LogP contribution in [0.2, 0.25) is 0 Å². The smallest absolute Gasteiger partial charge is 0.229 e. The van der Waals surface area contributed by atoms with Crippen molar-refractivity contribution in [2.45, 2.75) is 47.1 Å². The van der Waals surface area contributed by atoms with Crippen molar-refractivity contribution in [2.24, 2.45) is 0 Å². The van der Waals surface area contributed by atoms with Crippen molar-refractivity contribution < 1.29 is 0 Å². The highest BCUT2D eigenvalue weighted by molar-refractivity contribution is 5.64. The lowest BCUT2D eigenvalue weighted by atomic mass is 10.1. The van der Waals surface area contributed by atoms with Gasteiger partial charge in [0.05, 0.1) is 0 Å². The third-order valence-corrected chi connectivity index (χ3v) is 3.74. The summed E-state index contributed by atoms with van der Waals surface area (Å²) in [5.41, 5.74) is 3.41. The molecule has 0 bridgehead atoms. The summed E-state index contributed by atoms with van der Waals surface area (Å²) < 4.78 is 0. The van der Waals surface area contributed by atoms with Crippen LogP contribution in [0.15, 0.2) is 30.5 Å². The van der Waals surface area contributed by atoms with Crippen LogP contribution in [-0.2, 0) is 0 Å². The van der Waals surface area contributed by atoms with Crippen molar-refractivity contribution in [1.29, 1.82) is 0 Å². The minimum absolute atomic E-state index is 0.0348. The first-order valence-corrected chi connectivity index (χ1v) is 8.56. The van der Waals surface area contributed by atoms with Gasteiger partial charge in [-0.15, -0.1) is 0 Å². The second-order valence-corrected chi connectivity index (χ2v) is 6.94. The van der Waals surface area contributed by atoms with E-state index >= 15 is 0 Å². The zero-order chi connectivity index (χ0) is 17.7. The van der Waals surface area contributed by atoms with Crippen LogP contribution >= 0.6 is 0 Å². The average molecular weight is 327 g/mol. The topological polar surface area (TPSA) is 53.1 Å². The first kappa shape index (κ1) is 18.0.